The van der Waals surface area contributed by atoms with E-state index in [4.69, 9.17) is 9.15 Å². The first-order valence-corrected chi connectivity index (χ1v) is 10.7. The number of benzene rings is 1. The summed E-state index contributed by atoms with van der Waals surface area (Å²) in [5.41, 5.74) is 0.400. The molecule has 1 fully saturated rings. The average Bonchev–Trinajstić information content (AvgIpc) is 3.15. The Morgan fingerprint density at radius 1 is 1.38 bits per heavy atom. The number of carbonyl (C=O) groups excluding carboxylic acids is 1. The number of rotatable bonds is 7. The summed E-state index contributed by atoms with van der Waals surface area (Å²) in [4.78, 5) is 22.8. The number of thioether (sulfide) groups is 1. The van der Waals surface area contributed by atoms with Crippen LogP contribution in [-0.2, 0) is 9.53 Å². The van der Waals surface area contributed by atoms with Gasteiger partial charge in [-0.1, -0.05) is 45.0 Å². The van der Waals surface area contributed by atoms with E-state index in [9.17, 15) is 14.9 Å². The third kappa shape index (κ3) is 5.56. The summed E-state index contributed by atoms with van der Waals surface area (Å²) >= 11 is 1.10. The van der Waals surface area contributed by atoms with Gasteiger partial charge in [-0.15, -0.1) is 10.2 Å². The molecule has 1 aromatic carbocycles. The van der Waals surface area contributed by atoms with Crippen molar-refractivity contribution in [2.75, 3.05) is 5.75 Å². The molecule has 2 aromatic rings. The van der Waals surface area contributed by atoms with E-state index in [1.807, 2.05) is 0 Å². The van der Waals surface area contributed by atoms with Crippen molar-refractivity contribution in [2.45, 2.75) is 51.4 Å². The number of aromatic nitrogens is 2. The van der Waals surface area contributed by atoms with Gasteiger partial charge in [0, 0.05) is 17.7 Å². The minimum Gasteiger partial charge on any atom is -0.461 e. The van der Waals surface area contributed by atoms with Gasteiger partial charge in [-0.3, -0.25) is 14.9 Å². The van der Waals surface area contributed by atoms with Gasteiger partial charge in [0.2, 0.25) is 5.89 Å². The number of carbonyl (C=O) groups is 1. The maximum absolute atomic E-state index is 12.3. The smallest absolute Gasteiger partial charge is 0.316 e. The van der Waals surface area contributed by atoms with Gasteiger partial charge in [-0.2, -0.15) is 0 Å². The highest BCUT2D eigenvalue weighted by Gasteiger charge is 2.33. The van der Waals surface area contributed by atoms with Crippen LogP contribution in [0.5, 0.6) is 0 Å². The molecule has 9 heteroatoms. The molecule has 0 N–H and O–H groups in total. The van der Waals surface area contributed by atoms with Crippen LogP contribution < -0.4 is 0 Å². The van der Waals surface area contributed by atoms with Gasteiger partial charge in [0.1, 0.15) is 11.9 Å². The number of non-ortho nitro benzene ring substituents is 1. The van der Waals surface area contributed by atoms with Crippen LogP contribution in [0.4, 0.5) is 5.69 Å². The van der Waals surface area contributed by atoms with Crippen molar-refractivity contribution in [3.05, 3.63) is 34.4 Å². The fourth-order valence-electron chi connectivity index (χ4n) is 3.71. The maximum Gasteiger partial charge on any atom is 0.316 e. The lowest BCUT2D eigenvalue weighted by Crippen LogP contribution is -2.36. The lowest BCUT2D eigenvalue weighted by Gasteiger charge is -2.36. The largest absolute Gasteiger partial charge is 0.461 e. The lowest BCUT2D eigenvalue weighted by molar-refractivity contribution is -0.384. The van der Waals surface area contributed by atoms with E-state index in [0.29, 0.717) is 23.3 Å². The summed E-state index contributed by atoms with van der Waals surface area (Å²) in [6.45, 7) is 6.54. The molecule has 3 atom stereocenters. The zero-order chi connectivity index (χ0) is 21.0. The van der Waals surface area contributed by atoms with Gasteiger partial charge in [0.05, 0.1) is 4.92 Å². The van der Waals surface area contributed by atoms with Gasteiger partial charge in [-0.25, -0.2) is 0 Å². The molecule has 29 heavy (non-hydrogen) atoms. The Balaban J connectivity index is 1.57. The van der Waals surface area contributed by atoms with Crippen molar-refractivity contribution < 1.29 is 18.9 Å². The van der Waals surface area contributed by atoms with Gasteiger partial charge in [0.25, 0.3) is 10.9 Å². The van der Waals surface area contributed by atoms with E-state index in [1.165, 1.54) is 18.6 Å². The first kappa shape index (κ1) is 21.3. The molecule has 1 aliphatic rings. The fraction of sp³-hybridized carbons (Fsp3) is 0.550. The SMILES string of the molecule is CC(C)[C@H]1CC[C@@H](C)C[C@H]1OC(=O)CSc1nnc(-c2cccc([N+](=O)[O-])c2)o1. The van der Waals surface area contributed by atoms with E-state index in [1.54, 1.807) is 12.1 Å². The van der Waals surface area contributed by atoms with Crippen molar-refractivity contribution >= 4 is 23.4 Å². The molecule has 1 heterocycles. The number of ether oxygens (including phenoxy) is 1. The molecule has 8 nitrogen and oxygen atoms in total. The second-order valence-corrected chi connectivity index (χ2v) is 8.75. The van der Waals surface area contributed by atoms with Crippen LogP contribution in [0.25, 0.3) is 11.5 Å². The molecule has 1 saturated carbocycles. The Kier molecular flexibility index (Phi) is 6.89. The van der Waals surface area contributed by atoms with Crippen LogP contribution in [-0.4, -0.2) is 32.9 Å². The van der Waals surface area contributed by atoms with Gasteiger partial charge in [-0.05, 0) is 36.7 Å². The Labute approximate surface area is 173 Å². The lowest BCUT2D eigenvalue weighted by atomic mass is 9.75. The second-order valence-electron chi connectivity index (χ2n) is 7.82. The molecule has 1 aliphatic carbocycles. The summed E-state index contributed by atoms with van der Waals surface area (Å²) in [6, 6.07) is 5.96. The highest BCUT2D eigenvalue weighted by atomic mass is 32.2. The number of nitro benzene ring substituents is 1. The Hall–Kier alpha value is -2.42. The highest BCUT2D eigenvalue weighted by molar-refractivity contribution is 7.99. The Morgan fingerprint density at radius 3 is 2.90 bits per heavy atom. The van der Waals surface area contributed by atoms with Crippen LogP contribution in [0.3, 0.4) is 0 Å². The minimum atomic E-state index is -0.484. The molecule has 3 rings (SSSR count). The Morgan fingerprint density at radius 2 is 2.17 bits per heavy atom. The molecular formula is C20H25N3O5S. The molecule has 0 saturated heterocycles. The summed E-state index contributed by atoms with van der Waals surface area (Å²) < 4.78 is 11.3. The number of esters is 1. The van der Waals surface area contributed by atoms with Crippen LogP contribution in [0, 0.1) is 27.9 Å². The van der Waals surface area contributed by atoms with E-state index in [-0.39, 0.29) is 34.6 Å². The third-order valence-corrected chi connectivity index (χ3v) is 6.06. The molecule has 156 valence electrons. The van der Waals surface area contributed by atoms with E-state index in [0.717, 1.165) is 24.6 Å². The van der Waals surface area contributed by atoms with Crippen LogP contribution in [0.2, 0.25) is 0 Å². The Bertz CT molecular complexity index is 869. The third-order valence-electron chi connectivity index (χ3n) is 5.27. The topological polar surface area (TPSA) is 108 Å². The predicted octanol–water partition coefficient (Wildman–Crippen LogP) is 4.74. The molecule has 0 radical (unpaired) electrons. The molecule has 0 aliphatic heterocycles. The first-order valence-electron chi connectivity index (χ1n) is 9.74. The van der Waals surface area contributed by atoms with E-state index >= 15 is 0 Å². The van der Waals surface area contributed by atoms with Crippen molar-refractivity contribution in [2.24, 2.45) is 17.8 Å². The molecule has 0 spiro atoms. The molecule has 0 unspecified atom stereocenters. The zero-order valence-corrected chi connectivity index (χ0v) is 17.6. The quantitative estimate of drug-likeness (QED) is 0.274. The molecule has 1 aromatic heterocycles. The van der Waals surface area contributed by atoms with Crippen LogP contribution in [0.15, 0.2) is 33.9 Å². The molecule has 0 amide bonds. The van der Waals surface area contributed by atoms with Crippen molar-refractivity contribution in [1.82, 2.24) is 10.2 Å². The molecule has 0 bridgehead atoms. The fourth-order valence-corrected chi connectivity index (χ4v) is 4.26. The van der Waals surface area contributed by atoms with Gasteiger partial charge >= 0.3 is 5.97 Å². The number of hydrogen-bond donors (Lipinski definition) is 0. The average molecular weight is 420 g/mol. The van der Waals surface area contributed by atoms with E-state index in [2.05, 4.69) is 31.0 Å². The summed E-state index contributed by atoms with van der Waals surface area (Å²) in [5, 5.41) is 18.9. The number of nitrogens with zero attached hydrogens (tertiary/aromatic N) is 3. The normalized spacial score (nSPS) is 21.9. The maximum atomic E-state index is 12.3. The van der Waals surface area contributed by atoms with Crippen molar-refractivity contribution in [3.63, 3.8) is 0 Å². The number of hydrogen-bond acceptors (Lipinski definition) is 8. The highest BCUT2D eigenvalue weighted by Crippen LogP contribution is 2.35. The molecular weight excluding hydrogens is 394 g/mol. The monoisotopic (exact) mass is 419 g/mol. The summed E-state index contributed by atoms with van der Waals surface area (Å²) in [7, 11) is 0. The zero-order valence-electron chi connectivity index (χ0n) is 16.7. The predicted molar refractivity (Wildman–Crippen MR) is 108 cm³/mol. The summed E-state index contributed by atoms with van der Waals surface area (Å²) in [5.74, 6) is 1.38. The van der Waals surface area contributed by atoms with Gasteiger partial charge in [0.15, 0.2) is 0 Å². The van der Waals surface area contributed by atoms with Crippen LogP contribution in [0.1, 0.15) is 40.0 Å². The minimum absolute atomic E-state index is 0.0463. The second kappa shape index (κ2) is 9.39. The number of nitro groups is 1. The first-order chi connectivity index (χ1) is 13.8. The summed E-state index contributed by atoms with van der Waals surface area (Å²) in [6.07, 6.45) is 3.11. The van der Waals surface area contributed by atoms with Crippen molar-refractivity contribution in [3.8, 4) is 11.5 Å². The van der Waals surface area contributed by atoms with Gasteiger partial charge < -0.3 is 9.15 Å². The van der Waals surface area contributed by atoms with Crippen molar-refractivity contribution in [1.29, 1.82) is 0 Å². The standard InChI is InChI=1S/C20H25N3O5S/c1-12(2)16-8-7-13(3)9-17(16)27-18(24)11-29-20-22-21-19(28-20)14-5-4-6-15(10-14)23(25)26/h4-6,10,12-13,16-17H,7-9,11H2,1-3H3/t13-,16-,17-/m1/s1. The van der Waals surface area contributed by atoms with E-state index < -0.39 is 4.92 Å². The van der Waals surface area contributed by atoms with Crippen LogP contribution >= 0.6 is 11.8 Å².